The van der Waals surface area contributed by atoms with E-state index in [1.165, 1.54) is 4.57 Å². The van der Waals surface area contributed by atoms with Crippen LogP contribution in [0.4, 0.5) is 0 Å². The van der Waals surface area contributed by atoms with Crippen molar-refractivity contribution in [2.45, 2.75) is 18.3 Å². The molecule has 2 aliphatic rings. The summed E-state index contributed by atoms with van der Waals surface area (Å²) in [5.41, 5.74) is 1.73. The van der Waals surface area contributed by atoms with Crippen LogP contribution in [0.3, 0.4) is 0 Å². The van der Waals surface area contributed by atoms with Crippen LogP contribution in [0.15, 0.2) is 36.5 Å². The molecule has 4 nitrogen and oxygen atoms in total. The molecule has 2 aromatic rings. The number of hydrogen-bond acceptors (Lipinski definition) is 3. The fraction of sp³-hybridized carbons (Fsp3) is 0.214. The van der Waals surface area contributed by atoms with Crippen molar-refractivity contribution in [2.24, 2.45) is 0 Å². The van der Waals surface area contributed by atoms with Crippen molar-refractivity contribution in [3.63, 3.8) is 0 Å². The third-order valence-corrected chi connectivity index (χ3v) is 3.90. The van der Waals surface area contributed by atoms with Gasteiger partial charge in [-0.2, -0.15) is 0 Å². The van der Waals surface area contributed by atoms with Crippen LogP contribution in [0.5, 0.6) is 11.8 Å². The molecule has 90 valence electrons. The number of aromatic hydroxyl groups is 2. The first kappa shape index (κ1) is 9.76. The van der Waals surface area contributed by atoms with Gasteiger partial charge in [0.1, 0.15) is 5.82 Å². The van der Waals surface area contributed by atoms with Crippen molar-refractivity contribution < 1.29 is 10.2 Å². The van der Waals surface area contributed by atoms with E-state index in [9.17, 15) is 10.2 Å². The van der Waals surface area contributed by atoms with Crippen molar-refractivity contribution >= 4 is 0 Å². The highest BCUT2D eigenvalue weighted by molar-refractivity contribution is 5.61. The second kappa shape index (κ2) is 3.16. The van der Waals surface area contributed by atoms with E-state index >= 15 is 0 Å². The van der Waals surface area contributed by atoms with Crippen LogP contribution in [-0.2, 0) is 0 Å². The molecule has 2 aromatic heterocycles. The van der Waals surface area contributed by atoms with Crippen LogP contribution in [-0.4, -0.2) is 19.8 Å². The Morgan fingerprint density at radius 1 is 1.06 bits per heavy atom. The second-order valence-electron chi connectivity index (χ2n) is 4.83. The average molecular weight is 240 g/mol. The number of nitrogens with zero attached hydrogens (tertiary/aromatic N) is 2. The summed E-state index contributed by atoms with van der Waals surface area (Å²) in [6.45, 7) is 0. The molecule has 2 aliphatic carbocycles. The van der Waals surface area contributed by atoms with Gasteiger partial charge in [0.05, 0.1) is 0 Å². The maximum atomic E-state index is 10.3. The number of aromatic nitrogens is 2. The summed E-state index contributed by atoms with van der Waals surface area (Å²) >= 11 is 0. The largest absolute Gasteiger partial charge is 0.494 e. The summed E-state index contributed by atoms with van der Waals surface area (Å²) in [7, 11) is 0. The van der Waals surface area contributed by atoms with Gasteiger partial charge >= 0.3 is 0 Å². The fourth-order valence-electron chi connectivity index (χ4n) is 3.14. The number of fused-ring (bicyclic) bond motifs is 5. The van der Waals surface area contributed by atoms with E-state index in [2.05, 4.69) is 17.1 Å². The van der Waals surface area contributed by atoms with Crippen molar-refractivity contribution in [1.82, 2.24) is 9.55 Å². The average Bonchev–Trinajstić information content (AvgIpc) is 3.05. The second-order valence-corrected chi connectivity index (χ2v) is 4.83. The van der Waals surface area contributed by atoms with Gasteiger partial charge in [-0.05, 0) is 18.6 Å². The van der Waals surface area contributed by atoms with E-state index in [1.54, 1.807) is 18.3 Å². The van der Waals surface area contributed by atoms with E-state index in [-0.39, 0.29) is 23.6 Å². The maximum Gasteiger partial charge on any atom is 0.204 e. The molecular weight excluding hydrogens is 228 g/mol. The first-order chi connectivity index (χ1) is 8.77. The monoisotopic (exact) mass is 240 g/mol. The van der Waals surface area contributed by atoms with Crippen LogP contribution in [0.2, 0.25) is 0 Å². The highest BCUT2D eigenvalue weighted by atomic mass is 16.3. The van der Waals surface area contributed by atoms with Crippen molar-refractivity contribution in [1.29, 1.82) is 0 Å². The van der Waals surface area contributed by atoms with Gasteiger partial charge in [-0.1, -0.05) is 18.2 Å². The highest BCUT2D eigenvalue weighted by Crippen LogP contribution is 2.56. The Labute approximate surface area is 104 Å². The van der Waals surface area contributed by atoms with Crippen LogP contribution < -0.4 is 0 Å². The first-order valence-corrected chi connectivity index (χ1v) is 6.03. The van der Waals surface area contributed by atoms with E-state index < -0.39 is 0 Å². The van der Waals surface area contributed by atoms with Crippen molar-refractivity contribution in [2.75, 3.05) is 0 Å². The zero-order valence-corrected chi connectivity index (χ0v) is 9.61. The minimum Gasteiger partial charge on any atom is -0.494 e. The molecule has 0 aromatic carbocycles. The zero-order chi connectivity index (χ0) is 12.3. The lowest BCUT2D eigenvalue weighted by Gasteiger charge is -2.08. The summed E-state index contributed by atoms with van der Waals surface area (Å²) in [4.78, 5) is 4.18. The molecule has 0 saturated heterocycles. The predicted molar refractivity (Wildman–Crippen MR) is 66.1 cm³/mol. The van der Waals surface area contributed by atoms with Crippen LogP contribution >= 0.6 is 0 Å². The number of hydrogen-bond donors (Lipinski definition) is 2. The summed E-state index contributed by atoms with van der Waals surface area (Å²) in [5, 5.41) is 20.7. The lowest BCUT2D eigenvalue weighted by molar-refractivity contribution is 0.393. The molecule has 0 radical (unpaired) electrons. The molecule has 2 heterocycles. The number of rotatable bonds is 1. The summed E-state index contributed by atoms with van der Waals surface area (Å²) < 4.78 is 1.43. The number of pyridine rings is 1. The maximum absolute atomic E-state index is 10.3. The Morgan fingerprint density at radius 2 is 1.72 bits per heavy atom. The molecule has 2 N–H and O–H groups in total. The van der Waals surface area contributed by atoms with E-state index in [1.807, 2.05) is 6.07 Å². The summed E-state index contributed by atoms with van der Waals surface area (Å²) in [6, 6.07) is 5.41. The minimum atomic E-state index is 0.123. The highest BCUT2D eigenvalue weighted by Gasteiger charge is 2.41. The molecule has 0 spiro atoms. The molecule has 2 atom stereocenters. The van der Waals surface area contributed by atoms with Gasteiger partial charge in [-0.15, -0.1) is 0 Å². The van der Waals surface area contributed by atoms with Gasteiger partial charge in [-0.3, -0.25) is 0 Å². The Bertz CT molecular complexity index is 623. The molecule has 0 aliphatic heterocycles. The van der Waals surface area contributed by atoms with E-state index in [0.29, 0.717) is 5.82 Å². The molecule has 4 rings (SSSR count). The first-order valence-electron chi connectivity index (χ1n) is 6.03. The molecule has 18 heavy (non-hydrogen) atoms. The normalized spacial score (nSPS) is 23.6. The van der Waals surface area contributed by atoms with Crippen LogP contribution in [0.25, 0.3) is 5.82 Å². The van der Waals surface area contributed by atoms with Crippen molar-refractivity contribution in [3.05, 3.63) is 47.7 Å². The van der Waals surface area contributed by atoms with Gasteiger partial charge in [0.15, 0.2) is 0 Å². The summed E-state index contributed by atoms with van der Waals surface area (Å²) in [5.74, 6) is 1.26. The lowest BCUT2D eigenvalue weighted by atomic mass is 10.0. The van der Waals surface area contributed by atoms with Gasteiger partial charge in [0.2, 0.25) is 11.8 Å². The summed E-state index contributed by atoms with van der Waals surface area (Å²) in [6.07, 6.45) is 6.82. The Balaban J connectivity index is 1.98. The van der Waals surface area contributed by atoms with Gasteiger partial charge < -0.3 is 10.2 Å². The molecule has 0 saturated carbocycles. The van der Waals surface area contributed by atoms with Gasteiger partial charge in [0.25, 0.3) is 0 Å². The number of allylic oxidation sites excluding steroid dienone is 2. The van der Waals surface area contributed by atoms with E-state index in [4.69, 9.17) is 0 Å². The lowest BCUT2D eigenvalue weighted by Crippen LogP contribution is -1.97. The molecule has 4 heteroatoms. The smallest absolute Gasteiger partial charge is 0.204 e. The molecule has 0 fully saturated rings. The minimum absolute atomic E-state index is 0.123. The quantitative estimate of drug-likeness (QED) is 0.752. The van der Waals surface area contributed by atoms with E-state index in [0.717, 1.165) is 17.5 Å². The van der Waals surface area contributed by atoms with Gasteiger partial charge in [-0.25, -0.2) is 9.55 Å². The Kier molecular flexibility index (Phi) is 1.71. The Morgan fingerprint density at radius 3 is 2.28 bits per heavy atom. The van der Waals surface area contributed by atoms with Crippen LogP contribution in [0, 0.1) is 0 Å². The SMILES string of the molecule is Oc1c2c(c(O)n1-c1ccccn1)C1C=CC2C1. The Hall–Kier alpha value is -2.23. The molecule has 2 unspecified atom stereocenters. The van der Waals surface area contributed by atoms with Crippen LogP contribution in [0.1, 0.15) is 29.4 Å². The van der Waals surface area contributed by atoms with Crippen molar-refractivity contribution in [3.8, 4) is 17.6 Å². The van der Waals surface area contributed by atoms with Gasteiger partial charge in [0, 0.05) is 29.2 Å². The topological polar surface area (TPSA) is 58.3 Å². The fourth-order valence-corrected chi connectivity index (χ4v) is 3.14. The third kappa shape index (κ3) is 1.03. The third-order valence-electron chi connectivity index (χ3n) is 3.90. The molecule has 2 bridgehead atoms. The molecule has 0 amide bonds. The predicted octanol–water partition coefficient (Wildman–Crippen LogP) is 2.42. The zero-order valence-electron chi connectivity index (χ0n) is 9.61. The molecular formula is C14H12N2O2. The standard InChI is InChI=1S/C14H12N2O2/c17-13-11-8-4-5-9(7-8)12(11)14(18)16(13)10-3-1-2-6-15-10/h1-6,8-9,17-18H,7H2.